The minimum absolute atomic E-state index is 0.242. The average Bonchev–Trinajstić information content (AvgIpc) is 2.03. The van der Waals surface area contributed by atoms with E-state index in [4.69, 9.17) is 4.74 Å². The smallest absolute Gasteiger partial charge is 0.243 e. The van der Waals surface area contributed by atoms with Crippen LogP contribution in [0.3, 0.4) is 0 Å². The Morgan fingerprint density at radius 2 is 2.00 bits per heavy atom. The summed E-state index contributed by atoms with van der Waals surface area (Å²) in [7, 11) is 1.41. The van der Waals surface area contributed by atoms with E-state index in [1.807, 2.05) is 30.3 Å². The Morgan fingerprint density at radius 1 is 1.36 bits per heavy atom. The summed E-state index contributed by atoms with van der Waals surface area (Å²) in [6.45, 7) is 0.371. The lowest BCUT2D eigenvalue weighted by molar-refractivity contribution is 0.167. The standard InChI is InChI=1S/C8H9BO2/c9-8(10)11-6-7-4-2-1-3-5-7/h1-5H,6,9H2. The average molecular weight is 148 g/mol. The second-order valence-electron chi connectivity index (χ2n) is 2.27. The van der Waals surface area contributed by atoms with Crippen LogP contribution in [0.2, 0.25) is 0 Å². The molecule has 0 radical (unpaired) electrons. The molecule has 3 heteroatoms. The molecule has 0 saturated carbocycles. The molecule has 0 unspecified atom stereocenters. The van der Waals surface area contributed by atoms with E-state index in [-0.39, 0.29) is 5.87 Å². The van der Waals surface area contributed by atoms with Gasteiger partial charge in [-0.15, -0.1) is 0 Å². The van der Waals surface area contributed by atoms with Crippen molar-refractivity contribution in [3.8, 4) is 0 Å². The lowest BCUT2D eigenvalue weighted by Gasteiger charge is -2.00. The fourth-order valence-corrected chi connectivity index (χ4v) is 0.759. The lowest BCUT2D eigenvalue weighted by atomic mass is 10.2. The lowest BCUT2D eigenvalue weighted by Crippen LogP contribution is -2.00. The largest absolute Gasteiger partial charge is 0.469 e. The summed E-state index contributed by atoms with van der Waals surface area (Å²) in [5, 5.41) is 0. The fourth-order valence-electron chi connectivity index (χ4n) is 0.759. The van der Waals surface area contributed by atoms with Gasteiger partial charge in [0.2, 0.25) is 13.7 Å². The van der Waals surface area contributed by atoms with Gasteiger partial charge in [-0.2, -0.15) is 0 Å². The second kappa shape index (κ2) is 3.81. The molecular formula is C8H9BO2. The van der Waals surface area contributed by atoms with E-state index < -0.39 is 0 Å². The summed E-state index contributed by atoms with van der Waals surface area (Å²) < 4.78 is 4.79. The van der Waals surface area contributed by atoms with Crippen molar-refractivity contribution in [3.63, 3.8) is 0 Å². The van der Waals surface area contributed by atoms with E-state index in [1.54, 1.807) is 0 Å². The van der Waals surface area contributed by atoms with E-state index in [1.165, 1.54) is 7.85 Å². The van der Waals surface area contributed by atoms with Crippen molar-refractivity contribution >= 4 is 13.7 Å². The molecule has 0 spiro atoms. The quantitative estimate of drug-likeness (QED) is 0.583. The fraction of sp³-hybridized carbons (Fsp3) is 0.125. The maximum Gasteiger partial charge on any atom is 0.243 e. The molecule has 0 amide bonds. The zero-order valence-electron chi connectivity index (χ0n) is 6.41. The van der Waals surface area contributed by atoms with Crippen molar-refractivity contribution in [3.05, 3.63) is 35.9 Å². The SMILES string of the molecule is BC(=O)OCc1ccccc1. The molecule has 0 aromatic heterocycles. The first-order valence-electron chi connectivity index (χ1n) is 3.46. The van der Waals surface area contributed by atoms with Crippen molar-refractivity contribution in [2.75, 3.05) is 0 Å². The number of benzene rings is 1. The monoisotopic (exact) mass is 148 g/mol. The first-order valence-corrected chi connectivity index (χ1v) is 3.46. The van der Waals surface area contributed by atoms with Gasteiger partial charge in [-0.05, 0) is 5.56 Å². The highest BCUT2D eigenvalue weighted by molar-refractivity contribution is 6.55. The summed E-state index contributed by atoms with van der Waals surface area (Å²) in [6.07, 6.45) is 0. The predicted molar refractivity (Wildman–Crippen MR) is 45.2 cm³/mol. The molecule has 2 nitrogen and oxygen atoms in total. The van der Waals surface area contributed by atoms with Gasteiger partial charge in [0.1, 0.15) is 6.61 Å². The Balaban J connectivity index is 2.45. The maximum atomic E-state index is 10.4. The molecule has 11 heavy (non-hydrogen) atoms. The molecule has 0 heterocycles. The van der Waals surface area contributed by atoms with E-state index in [0.717, 1.165) is 5.56 Å². The van der Waals surface area contributed by atoms with Crippen LogP contribution in [0.15, 0.2) is 30.3 Å². The van der Waals surface area contributed by atoms with Gasteiger partial charge in [0, 0.05) is 0 Å². The predicted octanol–water partition coefficient (Wildman–Crippen LogP) is 0.956. The summed E-state index contributed by atoms with van der Waals surface area (Å²) >= 11 is 0. The Labute approximate surface area is 66.6 Å². The normalized spacial score (nSPS) is 9.09. The molecule has 56 valence electrons. The minimum atomic E-state index is -0.242. The Bertz CT molecular complexity index is 233. The van der Waals surface area contributed by atoms with Gasteiger partial charge in [-0.3, -0.25) is 4.79 Å². The highest BCUT2D eigenvalue weighted by atomic mass is 16.5. The molecule has 0 atom stereocenters. The van der Waals surface area contributed by atoms with Crippen molar-refractivity contribution in [1.82, 2.24) is 0 Å². The third-order valence-corrected chi connectivity index (χ3v) is 1.28. The molecule has 1 rings (SSSR count). The summed E-state index contributed by atoms with van der Waals surface area (Å²) in [4.78, 5) is 10.4. The molecule has 0 saturated heterocycles. The van der Waals surface area contributed by atoms with E-state index in [9.17, 15) is 4.79 Å². The van der Waals surface area contributed by atoms with Crippen LogP contribution in [0, 0.1) is 0 Å². The van der Waals surface area contributed by atoms with Crippen LogP contribution in [0.5, 0.6) is 0 Å². The van der Waals surface area contributed by atoms with Crippen LogP contribution in [-0.4, -0.2) is 13.7 Å². The van der Waals surface area contributed by atoms with Gasteiger partial charge in [0.25, 0.3) is 0 Å². The zero-order valence-corrected chi connectivity index (χ0v) is 6.41. The van der Waals surface area contributed by atoms with Crippen LogP contribution in [-0.2, 0) is 11.3 Å². The topological polar surface area (TPSA) is 26.3 Å². The first-order chi connectivity index (χ1) is 5.29. The summed E-state index contributed by atoms with van der Waals surface area (Å²) in [5.74, 6) is -0.242. The Kier molecular flexibility index (Phi) is 2.72. The van der Waals surface area contributed by atoms with Gasteiger partial charge < -0.3 is 4.74 Å². The van der Waals surface area contributed by atoms with Gasteiger partial charge >= 0.3 is 0 Å². The molecule has 1 aromatic rings. The first kappa shape index (κ1) is 7.86. The molecule has 1 aromatic carbocycles. The van der Waals surface area contributed by atoms with Crippen LogP contribution in [0.25, 0.3) is 0 Å². The highest BCUT2D eigenvalue weighted by Crippen LogP contribution is 1.99. The molecule has 0 aliphatic rings. The minimum Gasteiger partial charge on any atom is -0.469 e. The molecule has 0 aliphatic carbocycles. The van der Waals surface area contributed by atoms with E-state index in [2.05, 4.69) is 0 Å². The number of hydrogen-bond donors (Lipinski definition) is 0. The van der Waals surface area contributed by atoms with E-state index in [0.29, 0.717) is 6.61 Å². The number of rotatable bonds is 2. The van der Waals surface area contributed by atoms with Crippen LogP contribution in [0.1, 0.15) is 5.56 Å². The summed E-state index contributed by atoms with van der Waals surface area (Å²) in [6, 6.07) is 9.60. The Morgan fingerprint density at radius 3 is 2.55 bits per heavy atom. The Hall–Kier alpha value is -1.25. The zero-order chi connectivity index (χ0) is 8.10. The van der Waals surface area contributed by atoms with Crippen LogP contribution < -0.4 is 0 Å². The third-order valence-electron chi connectivity index (χ3n) is 1.28. The van der Waals surface area contributed by atoms with Gasteiger partial charge in [-0.25, -0.2) is 0 Å². The summed E-state index contributed by atoms with van der Waals surface area (Å²) in [5.41, 5.74) is 1.02. The van der Waals surface area contributed by atoms with Crippen LogP contribution >= 0.6 is 0 Å². The van der Waals surface area contributed by atoms with Gasteiger partial charge in [0.15, 0.2) is 0 Å². The molecule has 0 aliphatic heterocycles. The van der Waals surface area contributed by atoms with Crippen molar-refractivity contribution in [2.24, 2.45) is 0 Å². The maximum absolute atomic E-state index is 10.4. The molecule has 0 fully saturated rings. The number of hydrogen-bond acceptors (Lipinski definition) is 2. The van der Waals surface area contributed by atoms with Crippen LogP contribution in [0.4, 0.5) is 4.79 Å². The van der Waals surface area contributed by atoms with Crippen molar-refractivity contribution in [2.45, 2.75) is 6.61 Å². The second-order valence-corrected chi connectivity index (χ2v) is 2.27. The molecular weight excluding hydrogens is 139 g/mol. The third kappa shape index (κ3) is 2.89. The number of carbonyl (C=O) groups excluding carboxylic acids is 1. The van der Waals surface area contributed by atoms with Gasteiger partial charge in [0.05, 0.1) is 0 Å². The van der Waals surface area contributed by atoms with Crippen molar-refractivity contribution < 1.29 is 9.53 Å². The van der Waals surface area contributed by atoms with Crippen molar-refractivity contribution in [1.29, 1.82) is 0 Å². The number of carbonyl (C=O) groups is 1. The molecule has 0 bridgehead atoms. The van der Waals surface area contributed by atoms with Gasteiger partial charge in [-0.1, -0.05) is 30.3 Å². The molecule has 0 N–H and O–H groups in total. The number of ether oxygens (including phenoxy) is 1. The van der Waals surface area contributed by atoms with E-state index >= 15 is 0 Å². The highest BCUT2D eigenvalue weighted by Gasteiger charge is 1.93.